The third kappa shape index (κ3) is 2.25. The first kappa shape index (κ1) is 12.3. The Morgan fingerprint density at radius 2 is 2.06 bits per heavy atom. The smallest absolute Gasteiger partial charge is 0.324 e. The second-order valence-electron chi connectivity index (χ2n) is 4.41. The van der Waals surface area contributed by atoms with Gasteiger partial charge in [-0.25, -0.2) is 0 Å². The standard InChI is InChI=1S/C14H13NO3/c1-9-11(12(8-15)14(17)18-9)7-13(16)10-5-3-2-4-6-10/h2-6,9,11-12H,7H2,1H3/t9-,11+,12-/m0/s1. The quantitative estimate of drug-likeness (QED) is 0.601. The van der Waals surface area contributed by atoms with Gasteiger partial charge >= 0.3 is 5.97 Å². The number of hydrogen-bond acceptors (Lipinski definition) is 4. The Balaban J connectivity index is 2.12. The third-order valence-electron chi connectivity index (χ3n) is 3.24. The Labute approximate surface area is 105 Å². The summed E-state index contributed by atoms with van der Waals surface area (Å²) < 4.78 is 5.00. The minimum Gasteiger partial charge on any atom is -0.461 e. The molecule has 18 heavy (non-hydrogen) atoms. The second-order valence-corrected chi connectivity index (χ2v) is 4.41. The number of carbonyl (C=O) groups excluding carboxylic acids is 2. The molecule has 0 radical (unpaired) electrons. The van der Waals surface area contributed by atoms with Gasteiger partial charge in [0, 0.05) is 17.9 Å². The van der Waals surface area contributed by atoms with E-state index in [1.54, 1.807) is 31.2 Å². The van der Waals surface area contributed by atoms with E-state index in [1.165, 1.54) is 0 Å². The van der Waals surface area contributed by atoms with Gasteiger partial charge in [-0.3, -0.25) is 9.59 Å². The summed E-state index contributed by atoms with van der Waals surface area (Å²) in [5, 5.41) is 8.95. The lowest BCUT2D eigenvalue weighted by atomic mass is 9.86. The van der Waals surface area contributed by atoms with Gasteiger partial charge in [0.15, 0.2) is 11.7 Å². The van der Waals surface area contributed by atoms with Crippen molar-refractivity contribution >= 4 is 11.8 Å². The minimum absolute atomic E-state index is 0.0639. The number of ketones is 1. The summed E-state index contributed by atoms with van der Waals surface area (Å²) in [4.78, 5) is 23.4. The zero-order chi connectivity index (χ0) is 13.1. The molecule has 3 atom stereocenters. The van der Waals surface area contributed by atoms with Gasteiger partial charge in [-0.1, -0.05) is 30.3 Å². The van der Waals surface area contributed by atoms with E-state index in [0.29, 0.717) is 5.56 Å². The first-order chi connectivity index (χ1) is 8.63. The number of hydrogen-bond donors (Lipinski definition) is 0. The van der Waals surface area contributed by atoms with Crippen molar-refractivity contribution in [3.63, 3.8) is 0 Å². The summed E-state index contributed by atoms with van der Waals surface area (Å²) >= 11 is 0. The average Bonchev–Trinajstić information content (AvgIpc) is 2.64. The van der Waals surface area contributed by atoms with E-state index in [0.717, 1.165) is 0 Å². The van der Waals surface area contributed by atoms with Crippen molar-refractivity contribution in [1.29, 1.82) is 5.26 Å². The first-order valence-electron chi connectivity index (χ1n) is 5.82. The van der Waals surface area contributed by atoms with Crippen LogP contribution in [0.15, 0.2) is 30.3 Å². The molecule has 0 spiro atoms. The average molecular weight is 243 g/mol. The molecule has 1 heterocycles. The van der Waals surface area contributed by atoms with Gasteiger partial charge < -0.3 is 4.74 Å². The van der Waals surface area contributed by atoms with Gasteiger partial charge in [0.25, 0.3) is 0 Å². The molecule has 0 aromatic heterocycles. The summed E-state index contributed by atoms with van der Waals surface area (Å²) in [6, 6.07) is 10.8. The molecule has 4 heteroatoms. The maximum Gasteiger partial charge on any atom is 0.324 e. The molecule has 1 saturated heterocycles. The fourth-order valence-corrected chi connectivity index (χ4v) is 2.18. The van der Waals surface area contributed by atoms with Crippen molar-refractivity contribution in [3.05, 3.63) is 35.9 Å². The van der Waals surface area contributed by atoms with Crippen molar-refractivity contribution in [1.82, 2.24) is 0 Å². The maximum atomic E-state index is 12.0. The molecule has 0 saturated carbocycles. The molecule has 0 bridgehead atoms. The van der Waals surface area contributed by atoms with Crippen molar-refractivity contribution < 1.29 is 14.3 Å². The monoisotopic (exact) mass is 243 g/mol. The minimum atomic E-state index is -0.826. The summed E-state index contributed by atoms with van der Waals surface area (Å²) in [6.07, 6.45) is -0.218. The van der Waals surface area contributed by atoms with Gasteiger partial charge in [0.2, 0.25) is 0 Å². The van der Waals surface area contributed by atoms with Crippen LogP contribution in [0.2, 0.25) is 0 Å². The molecule has 1 aliphatic rings. The van der Waals surface area contributed by atoms with Crippen LogP contribution in [0.25, 0.3) is 0 Å². The van der Waals surface area contributed by atoms with Crippen molar-refractivity contribution in [2.45, 2.75) is 19.4 Å². The number of esters is 1. The number of nitriles is 1. The lowest BCUT2D eigenvalue weighted by Crippen LogP contribution is -2.21. The summed E-state index contributed by atoms with van der Waals surface area (Å²) in [5.41, 5.74) is 0.598. The van der Waals surface area contributed by atoms with Gasteiger partial charge in [-0.05, 0) is 6.92 Å². The van der Waals surface area contributed by atoms with Gasteiger partial charge in [0.1, 0.15) is 6.10 Å². The van der Waals surface area contributed by atoms with Crippen molar-refractivity contribution in [2.75, 3.05) is 0 Å². The zero-order valence-electron chi connectivity index (χ0n) is 10.00. The molecule has 1 aromatic carbocycles. The summed E-state index contributed by atoms with van der Waals surface area (Å²) in [5.74, 6) is -1.76. The first-order valence-corrected chi connectivity index (χ1v) is 5.82. The van der Waals surface area contributed by atoms with E-state index in [-0.39, 0.29) is 24.2 Å². The molecule has 1 aliphatic heterocycles. The van der Waals surface area contributed by atoms with Crippen LogP contribution in [0.4, 0.5) is 0 Å². The Hall–Kier alpha value is -2.15. The number of rotatable bonds is 3. The number of nitrogens with zero attached hydrogens (tertiary/aromatic N) is 1. The molecule has 0 amide bonds. The third-order valence-corrected chi connectivity index (χ3v) is 3.24. The van der Waals surface area contributed by atoms with Crippen LogP contribution >= 0.6 is 0 Å². The van der Waals surface area contributed by atoms with Crippen LogP contribution in [0.1, 0.15) is 23.7 Å². The topological polar surface area (TPSA) is 67.2 Å². The SMILES string of the molecule is C[C@@H]1OC(=O)[C@@H](C#N)[C@@H]1CC(=O)c1ccccc1. The Bertz CT molecular complexity index is 504. The number of Topliss-reactive ketones (excluding diaryl/α,β-unsaturated/α-hetero) is 1. The number of ether oxygens (including phenoxy) is 1. The molecule has 1 fully saturated rings. The predicted octanol–water partition coefficient (Wildman–Crippen LogP) is 1.96. The van der Waals surface area contributed by atoms with Crippen LogP contribution in [0.3, 0.4) is 0 Å². The molecule has 1 aromatic rings. The van der Waals surface area contributed by atoms with E-state index >= 15 is 0 Å². The lowest BCUT2D eigenvalue weighted by molar-refractivity contribution is -0.142. The second kappa shape index (κ2) is 5.01. The highest BCUT2D eigenvalue weighted by molar-refractivity contribution is 5.96. The largest absolute Gasteiger partial charge is 0.461 e. The molecule has 2 rings (SSSR count). The highest BCUT2D eigenvalue weighted by Gasteiger charge is 2.43. The summed E-state index contributed by atoms with van der Waals surface area (Å²) in [6.45, 7) is 1.72. The molecule has 4 nitrogen and oxygen atoms in total. The normalized spacial score (nSPS) is 26.4. The predicted molar refractivity (Wildman–Crippen MR) is 63.5 cm³/mol. The van der Waals surface area contributed by atoms with Crippen molar-refractivity contribution in [3.8, 4) is 6.07 Å². The molecule has 92 valence electrons. The van der Waals surface area contributed by atoms with Gasteiger partial charge in [-0.15, -0.1) is 0 Å². The molecular formula is C14H13NO3. The molecule has 0 N–H and O–H groups in total. The lowest BCUT2D eigenvalue weighted by Gasteiger charge is -2.13. The number of cyclic esters (lactones) is 1. The van der Waals surface area contributed by atoms with Crippen LogP contribution < -0.4 is 0 Å². The maximum absolute atomic E-state index is 12.0. The number of benzene rings is 1. The Morgan fingerprint density at radius 3 is 2.67 bits per heavy atom. The summed E-state index contributed by atoms with van der Waals surface area (Å²) in [7, 11) is 0. The van der Waals surface area contributed by atoms with E-state index in [4.69, 9.17) is 10.00 Å². The molecular weight excluding hydrogens is 230 g/mol. The van der Waals surface area contributed by atoms with E-state index in [9.17, 15) is 9.59 Å². The Morgan fingerprint density at radius 1 is 1.39 bits per heavy atom. The van der Waals surface area contributed by atoms with Crippen LogP contribution in [0, 0.1) is 23.2 Å². The zero-order valence-corrected chi connectivity index (χ0v) is 10.00. The molecule has 0 aliphatic carbocycles. The van der Waals surface area contributed by atoms with Crippen LogP contribution in [0.5, 0.6) is 0 Å². The fourth-order valence-electron chi connectivity index (χ4n) is 2.18. The van der Waals surface area contributed by atoms with E-state index < -0.39 is 11.9 Å². The fraction of sp³-hybridized carbons (Fsp3) is 0.357. The van der Waals surface area contributed by atoms with Crippen LogP contribution in [-0.4, -0.2) is 17.9 Å². The van der Waals surface area contributed by atoms with Crippen LogP contribution in [-0.2, 0) is 9.53 Å². The molecule has 0 unspecified atom stereocenters. The van der Waals surface area contributed by atoms with Gasteiger partial charge in [-0.2, -0.15) is 5.26 Å². The number of carbonyl (C=O) groups is 2. The van der Waals surface area contributed by atoms with E-state index in [2.05, 4.69) is 0 Å². The van der Waals surface area contributed by atoms with Crippen molar-refractivity contribution in [2.24, 2.45) is 11.8 Å². The highest BCUT2D eigenvalue weighted by Crippen LogP contribution is 2.31. The highest BCUT2D eigenvalue weighted by atomic mass is 16.6. The Kier molecular flexibility index (Phi) is 3.42. The van der Waals surface area contributed by atoms with E-state index in [1.807, 2.05) is 12.1 Å². The van der Waals surface area contributed by atoms with Gasteiger partial charge in [0.05, 0.1) is 6.07 Å².